The summed E-state index contributed by atoms with van der Waals surface area (Å²) < 4.78 is 15.9. The highest BCUT2D eigenvalue weighted by Crippen LogP contribution is 2.34. The Morgan fingerprint density at radius 3 is 2.27 bits per heavy atom. The number of para-hydroxylation sites is 3. The fraction of sp³-hybridized carbons (Fsp3) is 0.208. The lowest BCUT2D eigenvalue weighted by Crippen LogP contribution is -2.21. The van der Waals surface area contributed by atoms with E-state index in [1.165, 1.54) is 7.11 Å². The van der Waals surface area contributed by atoms with Crippen LogP contribution in [0.2, 0.25) is 0 Å². The van der Waals surface area contributed by atoms with Gasteiger partial charge in [-0.2, -0.15) is 0 Å². The highest BCUT2D eigenvalue weighted by atomic mass is 32.1. The van der Waals surface area contributed by atoms with Crippen LogP contribution in [0.4, 0.5) is 10.7 Å². The lowest BCUT2D eigenvalue weighted by Gasteiger charge is -2.10. The van der Waals surface area contributed by atoms with Crippen molar-refractivity contribution in [1.82, 2.24) is 0 Å². The van der Waals surface area contributed by atoms with Crippen molar-refractivity contribution in [3.8, 4) is 11.5 Å². The maximum Gasteiger partial charge on any atom is 0.341 e. The lowest BCUT2D eigenvalue weighted by molar-refractivity contribution is -0.118. The Morgan fingerprint density at radius 1 is 0.939 bits per heavy atom. The van der Waals surface area contributed by atoms with Crippen molar-refractivity contribution in [2.45, 2.75) is 13.8 Å². The first kappa shape index (κ1) is 23.8. The number of carbonyl (C=O) groups is 3. The zero-order valence-corrected chi connectivity index (χ0v) is 19.3. The number of carbonyl (C=O) groups excluding carboxylic acids is 3. The second kappa shape index (κ2) is 11.1. The minimum absolute atomic E-state index is 0.144. The number of rotatable bonds is 9. The lowest BCUT2D eigenvalue weighted by atomic mass is 10.1. The summed E-state index contributed by atoms with van der Waals surface area (Å²) in [5.41, 5.74) is 1.18. The van der Waals surface area contributed by atoms with E-state index in [2.05, 4.69) is 10.6 Å². The number of benzene rings is 2. The fourth-order valence-corrected chi connectivity index (χ4v) is 4.13. The summed E-state index contributed by atoms with van der Waals surface area (Å²) in [7, 11) is 1.50. The number of hydrogen-bond acceptors (Lipinski definition) is 7. The number of methoxy groups -OCH3 is 1. The summed E-state index contributed by atoms with van der Waals surface area (Å²) in [6, 6.07) is 15.9. The molecular weight excluding hydrogens is 444 g/mol. The molecule has 0 fully saturated rings. The van der Waals surface area contributed by atoms with Crippen molar-refractivity contribution in [2.75, 3.05) is 31.0 Å². The number of ether oxygens (including phenoxy) is 3. The van der Waals surface area contributed by atoms with E-state index in [4.69, 9.17) is 14.2 Å². The van der Waals surface area contributed by atoms with Gasteiger partial charge in [-0.1, -0.05) is 30.3 Å². The topological polar surface area (TPSA) is 103 Å². The van der Waals surface area contributed by atoms with Crippen molar-refractivity contribution in [1.29, 1.82) is 0 Å². The summed E-state index contributed by atoms with van der Waals surface area (Å²) in [6.07, 6.45) is 0. The Kier molecular flexibility index (Phi) is 8.04. The molecule has 0 saturated heterocycles. The molecule has 1 heterocycles. The Hall–Kier alpha value is -3.85. The molecule has 0 spiro atoms. The quantitative estimate of drug-likeness (QED) is 0.448. The molecule has 33 heavy (non-hydrogen) atoms. The summed E-state index contributed by atoms with van der Waals surface area (Å²) >= 11 is 1.00. The van der Waals surface area contributed by atoms with Gasteiger partial charge in [0.15, 0.2) is 18.1 Å². The van der Waals surface area contributed by atoms with Crippen LogP contribution in [0.25, 0.3) is 0 Å². The van der Waals surface area contributed by atoms with Crippen LogP contribution in [-0.4, -0.2) is 38.1 Å². The molecule has 3 rings (SSSR count). The van der Waals surface area contributed by atoms with Gasteiger partial charge in [0.05, 0.1) is 24.2 Å². The maximum atomic E-state index is 12.8. The van der Waals surface area contributed by atoms with Crippen LogP contribution in [-0.2, 0) is 9.53 Å². The highest BCUT2D eigenvalue weighted by molar-refractivity contribution is 7.18. The second-order valence-corrected chi connectivity index (χ2v) is 7.81. The van der Waals surface area contributed by atoms with E-state index in [0.717, 1.165) is 11.3 Å². The SMILES string of the molecule is CCOC(=O)c1c(NC(=O)COc2ccccc2OC)sc(C(=O)Nc2ccccc2)c1C. The average Bonchev–Trinajstić information content (AvgIpc) is 3.14. The molecule has 0 bridgehead atoms. The normalized spacial score (nSPS) is 10.3. The highest BCUT2D eigenvalue weighted by Gasteiger charge is 2.27. The zero-order chi connectivity index (χ0) is 23.8. The van der Waals surface area contributed by atoms with Crippen LogP contribution in [0, 0.1) is 6.92 Å². The van der Waals surface area contributed by atoms with Gasteiger partial charge in [0.1, 0.15) is 5.00 Å². The number of thiophene rings is 1. The van der Waals surface area contributed by atoms with Gasteiger partial charge in [-0.25, -0.2) is 4.79 Å². The van der Waals surface area contributed by atoms with Crippen LogP contribution in [0.3, 0.4) is 0 Å². The van der Waals surface area contributed by atoms with Crippen molar-refractivity contribution < 1.29 is 28.6 Å². The first-order chi connectivity index (χ1) is 15.9. The average molecular weight is 469 g/mol. The Balaban J connectivity index is 1.80. The molecule has 2 aromatic carbocycles. The number of esters is 1. The smallest absolute Gasteiger partial charge is 0.341 e. The van der Waals surface area contributed by atoms with Crippen LogP contribution in [0.5, 0.6) is 11.5 Å². The molecule has 0 aliphatic carbocycles. The van der Waals surface area contributed by atoms with E-state index in [0.29, 0.717) is 27.6 Å². The molecule has 3 aromatic rings. The minimum atomic E-state index is -0.619. The number of hydrogen-bond donors (Lipinski definition) is 2. The summed E-state index contributed by atoms with van der Waals surface area (Å²) in [5, 5.41) is 5.68. The molecule has 0 saturated carbocycles. The van der Waals surface area contributed by atoms with Gasteiger partial charge >= 0.3 is 5.97 Å². The Morgan fingerprint density at radius 2 is 1.61 bits per heavy atom. The molecule has 172 valence electrons. The van der Waals surface area contributed by atoms with E-state index >= 15 is 0 Å². The summed E-state index contributed by atoms with van der Waals surface area (Å²) in [6.45, 7) is 3.17. The predicted molar refractivity (Wildman–Crippen MR) is 127 cm³/mol. The third-order valence-electron chi connectivity index (χ3n) is 4.55. The van der Waals surface area contributed by atoms with Gasteiger partial charge in [0.25, 0.3) is 11.8 Å². The Bertz CT molecular complexity index is 1140. The van der Waals surface area contributed by atoms with Crippen LogP contribution >= 0.6 is 11.3 Å². The number of anilines is 2. The molecule has 1 aromatic heterocycles. The molecule has 9 heteroatoms. The van der Waals surface area contributed by atoms with E-state index in [1.807, 2.05) is 6.07 Å². The molecular formula is C24H24N2O6S. The zero-order valence-electron chi connectivity index (χ0n) is 18.5. The molecule has 8 nitrogen and oxygen atoms in total. The van der Waals surface area contributed by atoms with E-state index in [1.54, 1.807) is 62.4 Å². The Labute approximate surface area is 195 Å². The van der Waals surface area contributed by atoms with Gasteiger partial charge in [-0.05, 0) is 43.7 Å². The predicted octanol–water partition coefficient (Wildman–Crippen LogP) is 4.51. The van der Waals surface area contributed by atoms with Crippen molar-refractivity contribution >= 4 is 39.8 Å². The summed E-state index contributed by atoms with van der Waals surface area (Å²) in [5.74, 6) is -0.607. The van der Waals surface area contributed by atoms with E-state index in [9.17, 15) is 14.4 Å². The van der Waals surface area contributed by atoms with E-state index in [-0.39, 0.29) is 29.7 Å². The molecule has 0 aliphatic rings. The molecule has 2 N–H and O–H groups in total. The summed E-state index contributed by atoms with van der Waals surface area (Å²) in [4.78, 5) is 38.3. The van der Waals surface area contributed by atoms with Gasteiger partial charge in [-0.3, -0.25) is 9.59 Å². The van der Waals surface area contributed by atoms with Crippen LogP contribution in [0.1, 0.15) is 32.5 Å². The van der Waals surface area contributed by atoms with Crippen molar-refractivity contribution in [2.24, 2.45) is 0 Å². The van der Waals surface area contributed by atoms with Crippen LogP contribution < -0.4 is 20.1 Å². The second-order valence-electron chi connectivity index (χ2n) is 6.79. The van der Waals surface area contributed by atoms with E-state index < -0.39 is 11.9 Å². The van der Waals surface area contributed by atoms with Gasteiger partial charge in [-0.15, -0.1) is 11.3 Å². The monoisotopic (exact) mass is 468 g/mol. The van der Waals surface area contributed by atoms with Crippen LogP contribution in [0.15, 0.2) is 54.6 Å². The van der Waals surface area contributed by atoms with Gasteiger partial charge in [0.2, 0.25) is 0 Å². The molecule has 0 aliphatic heterocycles. The van der Waals surface area contributed by atoms with Crippen molar-refractivity contribution in [3.63, 3.8) is 0 Å². The molecule has 0 unspecified atom stereocenters. The van der Waals surface area contributed by atoms with Gasteiger partial charge < -0.3 is 24.8 Å². The fourth-order valence-electron chi connectivity index (χ4n) is 3.02. The number of nitrogens with one attached hydrogen (secondary N) is 2. The maximum absolute atomic E-state index is 12.8. The molecule has 0 atom stereocenters. The first-order valence-electron chi connectivity index (χ1n) is 10.2. The molecule has 0 radical (unpaired) electrons. The largest absolute Gasteiger partial charge is 0.493 e. The standard InChI is InChI=1S/C24H24N2O6S/c1-4-31-24(29)20-15(2)21(22(28)25-16-10-6-5-7-11-16)33-23(20)26-19(27)14-32-18-13-9-8-12-17(18)30-3/h5-13H,4,14H2,1-3H3,(H,25,28)(H,26,27). The van der Waals surface area contributed by atoms with Crippen molar-refractivity contribution in [3.05, 3.63) is 70.6 Å². The number of amides is 2. The third kappa shape index (κ3) is 5.89. The van der Waals surface area contributed by atoms with Gasteiger partial charge in [0, 0.05) is 5.69 Å². The minimum Gasteiger partial charge on any atom is -0.493 e. The first-order valence-corrected chi connectivity index (χ1v) is 11.0. The molecule has 2 amide bonds. The third-order valence-corrected chi connectivity index (χ3v) is 5.75.